The highest BCUT2D eigenvalue weighted by Crippen LogP contribution is 1.75. The fraction of sp³-hybridized carbons (Fsp3) is 1.00. The van der Waals surface area contributed by atoms with Gasteiger partial charge in [0.1, 0.15) is 0 Å². The Hall–Kier alpha value is -0.730. The lowest BCUT2D eigenvalue weighted by Gasteiger charge is -1.79. The summed E-state index contributed by atoms with van der Waals surface area (Å²) in [5.41, 5.74) is 15.8. The molecule has 0 saturated carbocycles. The Kier molecular flexibility index (Phi) is 4.72. The first kappa shape index (κ1) is 6.27. The van der Waals surface area contributed by atoms with Crippen LogP contribution in [0.4, 0.5) is 0 Å². The van der Waals surface area contributed by atoms with Crippen molar-refractivity contribution in [3.05, 3.63) is 10.4 Å². The van der Waals surface area contributed by atoms with E-state index in [1.807, 2.05) is 0 Å². The molecule has 38 valence electrons. The van der Waals surface area contributed by atoms with E-state index in [-0.39, 0.29) is 6.54 Å². The fourth-order valence-corrected chi connectivity index (χ4v) is 0.186. The summed E-state index contributed by atoms with van der Waals surface area (Å²) in [5.74, 6) is 0. The normalized spacial score (nSPS) is 7.57. The van der Waals surface area contributed by atoms with Crippen LogP contribution in [0.3, 0.4) is 0 Å². The van der Waals surface area contributed by atoms with E-state index in [0.29, 0.717) is 13.0 Å². The van der Waals surface area contributed by atoms with Gasteiger partial charge in [0.15, 0.2) is 0 Å². The van der Waals surface area contributed by atoms with Crippen LogP contribution in [0.15, 0.2) is 5.11 Å². The summed E-state index contributed by atoms with van der Waals surface area (Å²) in [6.45, 7) is 0.492. The molecule has 4 heteroatoms. The first-order valence-corrected chi connectivity index (χ1v) is 2.03. The van der Waals surface area contributed by atoms with E-state index in [0.717, 1.165) is 0 Å². The van der Waals surface area contributed by atoms with Gasteiger partial charge in [-0.05, 0) is 12.0 Å². The van der Waals surface area contributed by atoms with Gasteiger partial charge in [0.05, 0.1) is 0 Å². The Balaban J connectivity index is 2.83. The van der Waals surface area contributed by atoms with E-state index in [1.54, 1.807) is 0 Å². The van der Waals surface area contributed by atoms with Crippen LogP contribution < -0.4 is 5.73 Å². The van der Waals surface area contributed by atoms with Gasteiger partial charge in [-0.3, -0.25) is 0 Å². The third-order valence-electron chi connectivity index (χ3n) is 0.479. The zero-order chi connectivity index (χ0) is 5.54. The monoisotopic (exact) mass is 98.1 g/mol. The highest BCUT2D eigenvalue weighted by atomic mass is 15.1. The van der Waals surface area contributed by atoms with Gasteiger partial charge in [-0.2, -0.15) is 0 Å². The Labute approximate surface area is 41.9 Å². The van der Waals surface area contributed by atoms with E-state index < -0.39 is 0 Å². The van der Waals surface area contributed by atoms with Crippen molar-refractivity contribution < 1.29 is 0 Å². The molecule has 0 aromatic heterocycles. The summed E-state index contributed by atoms with van der Waals surface area (Å²) in [5, 5.41) is 3.18. The van der Waals surface area contributed by atoms with Crippen molar-refractivity contribution in [1.29, 1.82) is 0 Å². The molecule has 0 aliphatic rings. The molecule has 2 radical (unpaired) electrons. The third kappa shape index (κ3) is 5.27. The molecular formula is C3H6N4. The van der Waals surface area contributed by atoms with E-state index in [9.17, 15) is 0 Å². The molecule has 0 aliphatic carbocycles. The topological polar surface area (TPSA) is 71.1 Å². The average molecular weight is 98.1 g/mol. The molecule has 0 heterocycles. The lowest BCUT2D eigenvalue weighted by Crippen LogP contribution is -1.85. The predicted molar refractivity (Wildman–Crippen MR) is 25.6 cm³/mol. The van der Waals surface area contributed by atoms with E-state index in [4.69, 9.17) is 11.3 Å². The molecular weight excluding hydrogens is 92.1 g/mol. The van der Waals surface area contributed by atoms with Crippen molar-refractivity contribution in [2.45, 2.75) is 6.42 Å². The molecule has 0 aliphatic heterocycles. The molecule has 0 spiro atoms. The quantitative estimate of drug-likeness (QED) is 0.216. The van der Waals surface area contributed by atoms with Crippen molar-refractivity contribution in [2.75, 3.05) is 13.1 Å². The molecule has 7 heavy (non-hydrogen) atoms. The lowest BCUT2D eigenvalue weighted by molar-refractivity contribution is 0.823. The molecule has 0 fully saturated rings. The van der Waals surface area contributed by atoms with Crippen LogP contribution >= 0.6 is 0 Å². The molecule has 4 nitrogen and oxygen atoms in total. The Morgan fingerprint density at radius 1 is 1.71 bits per heavy atom. The molecule has 0 rings (SSSR count). The molecule has 0 saturated heterocycles. The summed E-state index contributed by atoms with van der Waals surface area (Å²) >= 11 is 0. The zero-order valence-corrected chi connectivity index (χ0v) is 3.91. The standard InChI is InChI=1S/C3H6N4/c4-2-1-3-6-7-5/h1-3H2. The second kappa shape index (κ2) is 5.27. The van der Waals surface area contributed by atoms with Gasteiger partial charge < -0.3 is 0 Å². The van der Waals surface area contributed by atoms with Gasteiger partial charge in [0.2, 0.25) is 0 Å². The van der Waals surface area contributed by atoms with E-state index in [2.05, 4.69) is 10.0 Å². The van der Waals surface area contributed by atoms with Gasteiger partial charge in [-0.1, -0.05) is 5.11 Å². The molecule has 0 aromatic carbocycles. The van der Waals surface area contributed by atoms with Crippen molar-refractivity contribution in [2.24, 2.45) is 5.11 Å². The molecule has 0 amide bonds. The van der Waals surface area contributed by atoms with Gasteiger partial charge in [0.25, 0.3) is 0 Å². The van der Waals surface area contributed by atoms with Crippen molar-refractivity contribution >= 4 is 0 Å². The van der Waals surface area contributed by atoms with Crippen LogP contribution in [0.2, 0.25) is 0 Å². The molecule has 0 unspecified atom stereocenters. The van der Waals surface area contributed by atoms with Crippen LogP contribution in [-0.2, 0) is 0 Å². The van der Waals surface area contributed by atoms with Crippen LogP contribution in [0.1, 0.15) is 6.42 Å². The smallest absolute Gasteiger partial charge is 0.0322 e. The van der Waals surface area contributed by atoms with Crippen LogP contribution in [-0.4, -0.2) is 13.1 Å². The maximum atomic E-state index is 8.11. The third-order valence-corrected chi connectivity index (χ3v) is 0.479. The maximum Gasteiger partial charge on any atom is 0.0322 e. The largest absolute Gasteiger partial charge is 0.145 e. The van der Waals surface area contributed by atoms with Crippen molar-refractivity contribution in [1.82, 2.24) is 5.73 Å². The minimum Gasteiger partial charge on any atom is -0.145 e. The van der Waals surface area contributed by atoms with Crippen molar-refractivity contribution in [3.8, 4) is 0 Å². The maximum absolute atomic E-state index is 8.11. The Morgan fingerprint density at radius 3 is 2.86 bits per heavy atom. The number of rotatable bonds is 3. The fourth-order valence-electron chi connectivity index (χ4n) is 0.186. The zero-order valence-electron chi connectivity index (χ0n) is 3.91. The van der Waals surface area contributed by atoms with Crippen LogP contribution in [0.5, 0.6) is 0 Å². The summed E-state index contributed by atoms with van der Waals surface area (Å²) in [6.07, 6.45) is 0.560. The van der Waals surface area contributed by atoms with Crippen molar-refractivity contribution in [3.63, 3.8) is 0 Å². The summed E-state index contributed by atoms with van der Waals surface area (Å²) in [7, 11) is 0. The number of hydrogen-bond acceptors (Lipinski definition) is 1. The van der Waals surface area contributed by atoms with Gasteiger partial charge in [-0.15, -0.1) is 5.73 Å². The first-order chi connectivity index (χ1) is 3.41. The van der Waals surface area contributed by atoms with Crippen LogP contribution in [0.25, 0.3) is 10.4 Å². The minimum absolute atomic E-state index is 0.0962. The summed E-state index contributed by atoms with van der Waals surface area (Å²) < 4.78 is 0. The van der Waals surface area contributed by atoms with Gasteiger partial charge >= 0.3 is 0 Å². The second-order valence-electron chi connectivity index (χ2n) is 1.03. The number of hydrogen-bond donors (Lipinski definition) is 0. The molecule has 0 aromatic rings. The predicted octanol–water partition coefficient (Wildman–Crippen LogP) is 0.755. The average Bonchev–Trinajstić information content (AvgIpc) is 1.69. The molecule has 0 atom stereocenters. The van der Waals surface area contributed by atoms with E-state index in [1.165, 1.54) is 0 Å². The van der Waals surface area contributed by atoms with E-state index >= 15 is 0 Å². The highest BCUT2D eigenvalue weighted by Gasteiger charge is 1.75. The number of azide groups is 1. The Morgan fingerprint density at radius 2 is 2.43 bits per heavy atom. The summed E-state index contributed by atoms with van der Waals surface area (Å²) in [4.78, 5) is 2.49. The number of nitrogens with zero attached hydrogens (tertiary/aromatic N) is 4. The first-order valence-electron chi connectivity index (χ1n) is 2.03. The lowest BCUT2D eigenvalue weighted by atomic mass is 10.4. The Bertz CT molecular complexity index is 73.0. The second-order valence-corrected chi connectivity index (χ2v) is 1.03. The highest BCUT2D eigenvalue weighted by molar-refractivity contribution is 4.45. The SMILES string of the molecule is [N]CCCN=[N+]=[N-]. The molecule has 0 N–H and O–H groups in total. The summed E-state index contributed by atoms with van der Waals surface area (Å²) in [6, 6.07) is 0. The van der Waals surface area contributed by atoms with Gasteiger partial charge in [0, 0.05) is 18.0 Å². The molecule has 0 bridgehead atoms. The van der Waals surface area contributed by atoms with Gasteiger partial charge in [-0.25, -0.2) is 0 Å². The minimum atomic E-state index is 0.0962. The van der Waals surface area contributed by atoms with Crippen LogP contribution in [0, 0.1) is 0 Å².